The van der Waals surface area contributed by atoms with Gasteiger partial charge in [-0.3, -0.25) is 0 Å². The number of amides is 1. The molecule has 2 rings (SSSR count). The van der Waals surface area contributed by atoms with Crippen LogP contribution in [0, 0.1) is 5.92 Å². The minimum absolute atomic E-state index is 0.0519. The highest BCUT2D eigenvalue weighted by molar-refractivity contribution is 7.98. The van der Waals surface area contributed by atoms with E-state index >= 15 is 0 Å². The molecule has 1 amide bonds. The van der Waals surface area contributed by atoms with Gasteiger partial charge in [-0.1, -0.05) is 12.1 Å². The Hall–Kier alpha value is -1.30. The van der Waals surface area contributed by atoms with E-state index in [1.165, 1.54) is 28.8 Å². The lowest BCUT2D eigenvalue weighted by atomic mass is 9.86. The van der Waals surface area contributed by atoms with Crippen LogP contribution in [0.1, 0.15) is 39.2 Å². The molecule has 0 spiro atoms. The number of likely N-dealkylation sites (tertiary alicyclic amines) is 1. The Morgan fingerprint density at radius 2 is 1.71 bits per heavy atom. The number of halogens is 2. The fourth-order valence-electron chi connectivity index (χ4n) is 2.80. The molecule has 0 saturated carbocycles. The molecular weight excluding hydrogens is 332 g/mol. The Morgan fingerprint density at radius 1 is 1.17 bits per heavy atom. The molecule has 1 fully saturated rings. The standard InChI is InChI=1S/C18H25F2NO2S/c1-17(2,3)23-16(22)21-11-9-14(10-12-21)18(19,20)13-5-7-15(24-4)8-6-13/h5-8,14H,9-12H2,1-4H3. The molecule has 0 radical (unpaired) electrons. The monoisotopic (exact) mass is 357 g/mol. The van der Waals surface area contributed by atoms with Crippen molar-refractivity contribution in [1.82, 2.24) is 4.90 Å². The zero-order valence-electron chi connectivity index (χ0n) is 14.6. The summed E-state index contributed by atoms with van der Waals surface area (Å²) < 4.78 is 34.8. The number of carbonyl (C=O) groups excluding carboxylic acids is 1. The summed E-state index contributed by atoms with van der Waals surface area (Å²) in [5.74, 6) is -3.63. The average Bonchev–Trinajstić information content (AvgIpc) is 2.53. The molecule has 0 bridgehead atoms. The third kappa shape index (κ3) is 4.62. The van der Waals surface area contributed by atoms with Gasteiger partial charge in [-0.05, 0) is 52.0 Å². The Labute approximate surface area is 146 Å². The molecule has 0 aromatic heterocycles. The highest BCUT2D eigenvalue weighted by atomic mass is 32.2. The Morgan fingerprint density at radius 3 is 2.17 bits per heavy atom. The van der Waals surface area contributed by atoms with Gasteiger partial charge in [-0.15, -0.1) is 11.8 Å². The van der Waals surface area contributed by atoms with Crippen molar-refractivity contribution >= 4 is 17.9 Å². The van der Waals surface area contributed by atoms with E-state index in [0.717, 1.165) is 4.90 Å². The van der Waals surface area contributed by atoms with Crippen molar-refractivity contribution in [2.75, 3.05) is 19.3 Å². The van der Waals surface area contributed by atoms with Crippen LogP contribution < -0.4 is 0 Å². The zero-order valence-corrected chi connectivity index (χ0v) is 15.5. The smallest absolute Gasteiger partial charge is 0.410 e. The molecule has 1 saturated heterocycles. The van der Waals surface area contributed by atoms with Crippen molar-refractivity contribution in [3.05, 3.63) is 29.8 Å². The molecule has 24 heavy (non-hydrogen) atoms. The largest absolute Gasteiger partial charge is 0.444 e. The molecule has 134 valence electrons. The van der Waals surface area contributed by atoms with E-state index in [-0.39, 0.29) is 18.4 Å². The van der Waals surface area contributed by atoms with E-state index in [4.69, 9.17) is 4.74 Å². The van der Waals surface area contributed by atoms with Crippen LogP contribution in [0.15, 0.2) is 29.2 Å². The zero-order chi connectivity index (χ0) is 18.0. The number of benzene rings is 1. The molecule has 6 heteroatoms. The van der Waals surface area contributed by atoms with Crippen LogP contribution in [0.3, 0.4) is 0 Å². The number of carbonyl (C=O) groups is 1. The summed E-state index contributed by atoms with van der Waals surface area (Å²) in [6.07, 6.45) is 2.04. The van der Waals surface area contributed by atoms with E-state index in [0.29, 0.717) is 13.1 Å². The predicted octanol–water partition coefficient (Wildman–Crippen LogP) is 5.15. The first-order chi connectivity index (χ1) is 11.1. The lowest BCUT2D eigenvalue weighted by Crippen LogP contribution is -2.44. The molecule has 0 atom stereocenters. The molecule has 1 aromatic rings. The van der Waals surface area contributed by atoms with Gasteiger partial charge in [-0.2, -0.15) is 0 Å². The number of alkyl halides is 2. The van der Waals surface area contributed by atoms with Crippen molar-refractivity contribution in [3.8, 4) is 0 Å². The van der Waals surface area contributed by atoms with Crippen molar-refractivity contribution in [3.63, 3.8) is 0 Å². The number of rotatable bonds is 3. The number of piperidine rings is 1. The number of ether oxygens (including phenoxy) is 1. The second kappa shape index (κ2) is 7.30. The number of thioether (sulfide) groups is 1. The van der Waals surface area contributed by atoms with Gasteiger partial charge in [0.15, 0.2) is 0 Å². The van der Waals surface area contributed by atoms with Crippen molar-refractivity contribution < 1.29 is 18.3 Å². The molecule has 0 N–H and O–H groups in total. The van der Waals surface area contributed by atoms with Gasteiger partial charge in [0.1, 0.15) is 5.60 Å². The molecule has 1 aliphatic heterocycles. The summed E-state index contributed by atoms with van der Waals surface area (Å²) >= 11 is 1.53. The molecule has 0 aliphatic carbocycles. The van der Waals surface area contributed by atoms with Crippen molar-refractivity contribution in [2.24, 2.45) is 5.92 Å². The van der Waals surface area contributed by atoms with Crippen molar-refractivity contribution in [1.29, 1.82) is 0 Å². The van der Waals surface area contributed by atoms with Crippen LogP contribution in [-0.2, 0) is 10.7 Å². The van der Waals surface area contributed by atoms with E-state index in [1.54, 1.807) is 32.9 Å². The first-order valence-corrected chi connectivity index (χ1v) is 9.36. The summed E-state index contributed by atoms with van der Waals surface area (Å²) in [4.78, 5) is 14.5. The Balaban J connectivity index is 1.98. The first-order valence-electron chi connectivity index (χ1n) is 8.14. The third-order valence-electron chi connectivity index (χ3n) is 4.13. The number of nitrogens with zero attached hydrogens (tertiary/aromatic N) is 1. The minimum Gasteiger partial charge on any atom is -0.444 e. The first kappa shape index (κ1) is 19.0. The van der Waals surface area contributed by atoms with Gasteiger partial charge in [0.2, 0.25) is 0 Å². The molecule has 1 aromatic carbocycles. The van der Waals surface area contributed by atoms with Crippen LogP contribution in [0.5, 0.6) is 0 Å². The average molecular weight is 357 g/mol. The minimum atomic E-state index is -2.88. The molecule has 0 unspecified atom stereocenters. The van der Waals surface area contributed by atoms with Crippen LogP contribution in [-0.4, -0.2) is 35.9 Å². The topological polar surface area (TPSA) is 29.5 Å². The van der Waals surface area contributed by atoms with Gasteiger partial charge >= 0.3 is 6.09 Å². The van der Waals surface area contributed by atoms with Gasteiger partial charge in [0.05, 0.1) is 0 Å². The highest BCUT2D eigenvalue weighted by Gasteiger charge is 2.43. The maximum atomic E-state index is 14.7. The van der Waals surface area contributed by atoms with Crippen LogP contribution in [0.2, 0.25) is 0 Å². The second-order valence-corrected chi connectivity index (χ2v) is 7.97. The van der Waals surface area contributed by atoms with Crippen LogP contribution in [0.25, 0.3) is 0 Å². The molecule has 1 aliphatic rings. The van der Waals surface area contributed by atoms with E-state index in [1.807, 2.05) is 6.26 Å². The highest BCUT2D eigenvalue weighted by Crippen LogP contribution is 2.42. The van der Waals surface area contributed by atoms with E-state index < -0.39 is 23.5 Å². The molecular formula is C18H25F2NO2S. The third-order valence-corrected chi connectivity index (χ3v) is 4.88. The summed E-state index contributed by atoms with van der Waals surface area (Å²) in [6, 6.07) is 6.46. The quantitative estimate of drug-likeness (QED) is 0.701. The van der Waals surface area contributed by atoms with Crippen LogP contribution in [0.4, 0.5) is 13.6 Å². The van der Waals surface area contributed by atoms with Gasteiger partial charge in [0.25, 0.3) is 5.92 Å². The fourth-order valence-corrected chi connectivity index (χ4v) is 3.21. The summed E-state index contributed by atoms with van der Waals surface area (Å²) in [6.45, 7) is 5.99. The van der Waals surface area contributed by atoms with E-state index in [2.05, 4.69) is 0 Å². The lowest BCUT2D eigenvalue weighted by molar-refractivity contribution is -0.0861. The van der Waals surface area contributed by atoms with Crippen molar-refractivity contribution in [2.45, 2.75) is 50.0 Å². The van der Waals surface area contributed by atoms with Gasteiger partial charge in [-0.25, -0.2) is 13.6 Å². The normalized spacial score (nSPS) is 17.0. The van der Waals surface area contributed by atoms with Gasteiger partial charge < -0.3 is 9.64 Å². The molecule has 1 heterocycles. The SMILES string of the molecule is CSc1ccc(C(F)(F)C2CCN(C(=O)OC(C)(C)C)CC2)cc1. The maximum Gasteiger partial charge on any atom is 0.410 e. The lowest BCUT2D eigenvalue weighted by Gasteiger charge is -2.36. The van der Waals surface area contributed by atoms with Crippen LogP contribution >= 0.6 is 11.8 Å². The predicted molar refractivity (Wildman–Crippen MR) is 92.6 cm³/mol. The Bertz CT molecular complexity index is 561. The second-order valence-electron chi connectivity index (χ2n) is 7.09. The number of hydrogen-bond donors (Lipinski definition) is 0. The van der Waals surface area contributed by atoms with E-state index in [9.17, 15) is 13.6 Å². The summed E-state index contributed by atoms with van der Waals surface area (Å²) in [5.41, 5.74) is -0.521. The Kier molecular flexibility index (Phi) is 5.78. The number of hydrogen-bond acceptors (Lipinski definition) is 3. The summed E-state index contributed by atoms with van der Waals surface area (Å²) in [7, 11) is 0. The fraction of sp³-hybridized carbons (Fsp3) is 0.611. The maximum absolute atomic E-state index is 14.7. The summed E-state index contributed by atoms with van der Waals surface area (Å²) in [5, 5.41) is 0. The molecule has 3 nitrogen and oxygen atoms in total. The van der Waals surface area contributed by atoms with Gasteiger partial charge in [0, 0.05) is 29.5 Å².